The summed E-state index contributed by atoms with van der Waals surface area (Å²) in [4.78, 5) is 24.0. The van der Waals surface area contributed by atoms with Crippen LogP contribution in [0.1, 0.15) is 36.7 Å². The van der Waals surface area contributed by atoms with E-state index in [4.69, 9.17) is 4.74 Å². The van der Waals surface area contributed by atoms with Gasteiger partial charge in [-0.3, -0.25) is 10.1 Å². The summed E-state index contributed by atoms with van der Waals surface area (Å²) < 4.78 is 6.22. The molecule has 0 saturated carbocycles. The third kappa shape index (κ3) is 3.95. The van der Waals surface area contributed by atoms with E-state index in [0.29, 0.717) is 12.2 Å². The van der Waals surface area contributed by atoms with Crippen LogP contribution in [-0.2, 0) is 11.3 Å². The Morgan fingerprint density at radius 3 is 2.72 bits per heavy atom. The number of nitrogens with one attached hydrogen (secondary N) is 2. The van der Waals surface area contributed by atoms with Crippen LogP contribution in [0.4, 0.5) is 10.5 Å². The SMILES string of the molecule is CC(C)(C)OC(=O)Nc1cccc(-c2ccc(I)c3c2CNC3=O)c1. The van der Waals surface area contributed by atoms with Crippen LogP contribution >= 0.6 is 22.6 Å². The molecule has 2 aromatic rings. The van der Waals surface area contributed by atoms with Gasteiger partial charge in [0.2, 0.25) is 0 Å². The second-order valence-corrected chi connectivity index (χ2v) is 8.00. The van der Waals surface area contributed by atoms with E-state index in [2.05, 4.69) is 33.2 Å². The molecule has 1 aliphatic rings. The van der Waals surface area contributed by atoms with Crippen molar-refractivity contribution in [1.82, 2.24) is 5.32 Å². The molecule has 5 nitrogen and oxygen atoms in total. The molecule has 1 aliphatic heterocycles. The summed E-state index contributed by atoms with van der Waals surface area (Å²) in [7, 11) is 0. The molecule has 0 spiro atoms. The number of anilines is 1. The molecule has 0 atom stereocenters. The van der Waals surface area contributed by atoms with Crippen LogP contribution in [0.2, 0.25) is 0 Å². The lowest BCUT2D eigenvalue weighted by molar-refractivity contribution is 0.0635. The van der Waals surface area contributed by atoms with Crippen molar-refractivity contribution in [3.05, 3.63) is 51.1 Å². The Hall–Kier alpha value is -2.09. The van der Waals surface area contributed by atoms with Crippen LogP contribution < -0.4 is 10.6 Å². The number of carbonyl (C=O) groups excluding carboxylic acids is 2. The van der Waals surface area contributed by atoms with Gasteiger partial charge in [0, 0.05) is 15.8 Å². The Morgan fingerprint density at radius 1 is 1.24 bits per heavy atom. The first-order valence-corrected chi connectivity index (χ1v) is 9.02. The van der Waals surface area contributed by atoms with E-state index in [-0.39, 0.29) is 5.91 Å². The van der Waals surface area contributed by atoms with Crippen LogP contribution in [0.3, 0.4) is 0 Å². The second-order valence-electron chi connectivity index (χ2n) is 6.84. The van der Waals surface area contributed by atoms with Crippen molar-refractivity contribution < 1.29 is 14.3 Å². The van der Waals surface area contributed by atoms with E-state index in [1.807, 2.05) is 57.2 Å². The number of amides is 2. The van der Waals surface area contributed by atoms with Crippen LogP contribution in [0.5, 0.6) is 0 Å². The number of hydrogen-bond acceptors (Lipinski definition) is 3. The molecule has 0 saturated heterocycles. The van der Waals surface area contributed by atoms with E-state index in [1.54, 1.807) is 0 Å². The highest BCUT2D eigenvalue weighted by atomic mass is 127. The maximum atomic E-state index is 12.0. The Kier molecular flexibility index (Phi) is 4.73. The van der Waals surface area contributed by atoms with Crippen molar-refractivity contribution in [3.63, 3.8) is 0 Å². The monoisotopic (exact) mass is 450 g/mol. The molecule has 0 fully saturated rings. The first kappa shape index (κ1) is 17.7. The number of ether oxygens (including phenoxy) is 1. The highest BCUT2D eigenvalue weighted by molar-refractivity contribution is 14.1. The minimum absolute atomic E-state index is 0.0377. The number of carbonyl (C=O) groups is 2. The number of hydrogen-bond donors (Lipinski definition) is 2. The molecule has 2 aromatic carbocycles. The minimum atomic E-state index is -0.551. The topological polar surface area (TPSA) is 67.4 Å². The van der Waals surface area contributed by atoms with Crippen LogP contribution in [0.25, 0.3) is 11.1 Å². The molecule has 3 rings (SSSR count). The smallest absolute Gasteiger partial charge is 0.412 e. The van der Waals surface area contributed by atoms with E-state index in [1.165, 1.54) is 0 Å². The number of fused-ring (bicyclic) bond motifs is 1. The summed E-state index contributed by atoms with van der Waals surface area (Å²) in [5, 5.41) is 5.63. The minimum Gasteiger partial charge on any atom is -0.444 e. The Bertz CT molecular complexity index is 856. The number of benzene rings is 2. The molecular formula is C19H19IN2O3. The van der Waals surface area contributed by atoms with Crippen molar-refractivity contribution >= 4 is 40.3 Å². The van der Waals surface area contributed by atoms with E-state index >= 15 is 0 Å². The third-order valence-corrected chi connectivity index (χ3v) is 4.63. The van der Waals surface area contributed by atoms with Gasteiger partial charge in [0.1, 0.15) is 5.60 Å². The molecule has 2 amide bonds. The van der Waals surface area contributed by atoms with Crippen molar-refractivity contribution in [2.45, 2.75) is 32.9 Å². The molecular weight excluding hydrogens is 431 g/mol. The third-order valence-electron chi connectivity index (χ3n) is 3.73. The van der Waals surface area contributed by atoms with Gasteiger partial charge in [-0.2, -0.15) is 0 Å². The van der Waals surface area contributed by atoms with Gasteiger partial charge in [-0.05, 0) is 78.3 Å². The number of halogens is 1. The lowest BCUT2D eigenvalue weighted by atomic mass is 9.96. The van der Waals surface area contributed by atoms with Gasteiger partial charge in [-0.25, -0.2) is 4.79 Å². The molecule has 0 aliphatic carbocycles. The standard InChI is InChI=1S/C19H19IN2O3/c1-19(2,3)25-18(24)22-12-6-4-5-11(9-12)13-7-8-15(20)16-14(13)10-21-17(16)23/h4-9H,10H2,1-3H3,(H,21,23)(H,22,24). The molecule has 25 heavy (non-hydrogen) atoms. The molecule has 2 N–H and O–H groups in total. The fourth-order valence-corrected chi connectivity index (χ4v) is 3.51. The fraction of sp³-hybridized carbons (Fsp3) is 0.263. The van der Waals surface area contributed by atoms with Crippen molar-refractivity contribution in [2.75, 3.05) is 5.32 Å². The van der Waals surface area contributed by atoms with Gasteiger partial charge in [0.05, 0.1) is 5.56 Å². The molecule has 130 valence electrons. The zero-order valence-corrected chi connectivity index (χ0v) is 16.4. The molecule has 0 unspecified atom stereocenters. The van der Waals surface area contributed by atoms with E-state index in [9.17, 15) is 9.59 Å². The van der Waals surface area contributed by atoms with Crippen LogP contribution in [0.15, 0.2) is 36.4 Å². The zero-order chi connectivity index (χ0) is 18.2. The Balaban J connectivity index is 1.91. The van der Waals surface area contributed by atoms with Crippen LogP contribution in [-0.4, -0.2) is 17.6 Å². The average Bonchev–Trinajstić information content (AvgIpc) is 2.89. The average molecular weight is 450 g/mol. The first-order valence-electron chi connectivity index (χ1n) is 7.94. The normalized spacial score (nSPS) is 13.2. The van der Waals surface area contributed by atoms with E-state index < -0.39 is 11.7 Å². The maximum absolute atomic E-state index is 12.0. The summed E-state index contributed by atoms with van der Waals surface area (Å²) in [5.74, 6) is -0.0377. The fourth-order valence-electron chi connectivity index (χ4n) is 2.76. The van der Waals surface area contributed by atoms with Gasteiger partial charge in [-0.15, -0.1) is 0 Å². The summed E-state index contributed by atoms with van der Waals surface area (Å²) in [5.41, 5.74) is 3.76. The van der Waals surface area contributed by atoms with Gasteiger partial charge >= 0.3 is 6.09 Å². The Morgan fingerprint density at radius 2 is 2.00 bits per heavy atom. The van der Waals surface area contributed by atoms with Gasteiger partial charge in [0.25, 0.3) is 5.91 Å². The lowest BCUT2D eigenvalue weighted by Crippen LogP contribution is -2.27. The zero-order valence-electron chi connectivity index (χ0n) is 14.3. The van der Waals surface area contributed by atoms with Gasteiger partial charge in [0.15, 0.2) is 0 Å². The summed E-state index contributed by atoms with van der Waals surface area (Å²) in [6.07, 6.45) is -0.491. The summed E-state index contributed by atoms with van der Waals surface area (Å²) in [6.45, 7) is 5.98. The molecule has 0 aromatic heterocycles. The van der Waals surface area contributed by atoms with Gasteiger partial charge < -0.3 is 10.1 Å². The second kappa shape index (κ2) is 6.67. The lowest BCUT2D eigenvalue weighted by Gasteiger charge is -2.20. The molecule has 0 bridgehead atoms. The largest absolute Gasteiger partial charge is 0.444 e. The van der Waals surface area contributed by atoms with Crippen LogP contribution in [0, 0.1) is 3.57 Å². The summed E-state index contributed by atoms with van der Waals surface area (Å²) >= 11 is 2.18. The predicted molar refractivity (Wildman–Crippen MR) is 106 cm³/mol. The Labute approximate surface area is 160 Å². The van der Waals surface area contributed by atoms with Crippen molar-refractivity contribution in [2.24, 2.45) is 0 Å². The first-order chi connectivity index (χ1) is 11.7. The van der Waals surface area contributed by atoms with Gasteiger partial charge in [-0.1, -0.05) is 18.2 Å². The highest BCUT2D eigenvalue weighted by Gasteiger charge is 2.25. The summed E-state index contributed by atoms with van der Waals surface area (Å²) in [6, 6.07) is 11.5. The molecule has 1 heterocycles. The molecule has 6 heteroatoms. The quantitative estimate of drug-likeness (QED) is 0.660. The maximum Gasteiger partial charge on any atom is 0.412 e. The molecule has 0 radical (unpaired) electrons. The van der Waals surface area contributed by atoms with E-state index in [0.717, 1.165) is 25.8 Å². The van der Waals surface area contributed by atoms with Crippen molar-refractivity contribution in [3.8, 4) is 11.1 Å². The highest BCUT2D eigenvalue weighted by Crippen LogP contribution is 2.33. The predicted octanol–water partition coefficient (Wildman–Crippen LogP) is 4.55. The van der Waals surface area contributed by atoms with Crippen molar-refractivity contribution in [1.29, 1.82) is 0 Å². The number of rotatable bonds is 2.